The Kier molecular flexibility index (Phi) is 4.26. The van der Waals surface area contributed by atoms with Gasteiger partial charge in [0.15, 0.2) is 0 Å². The van der Waals surface area contributed by atoms with E-state index >= 15 is 0 Å². The quantitative estimate of drug-likeness (QED) is 0.901. The predicted molar refractivity (Wildman–Crippen MR) is 74.5 cm³/mol. The highest BCUT2D eigenvalue weighted by atomic mass is 32.2. The zero-order chi connectivity index (χ0) is 15.7. The van der Waals surface area contributed by atoms with Crippen LogP contribution in [0.2, 0.25) is 0 Å². The largest absolute Gasteiger partial charge is 0.416 e. The summed E-state index contributed by atoms with van der Waals surface area (Å²) >= 11 is 1.17. The summed E-state index contributed by atoms with van der Waals surface area (Å²) in [5.41, 5.74) is 4.33. The SMILES string of the molecule is NCc1cc(S(=O)(=O)Nc2cccc(C(F)(F)F)c2)cs1. The van der Waals surface area contributed by atoms with Gasteiger partial charge < -0.3 is 5.73 Å². The standard InChI is InChI=1S/C12H11F3N2O2S2/c13-12(14,15)8-2-1-3-9(4-8)17-21(18,19)11-5-10(6-16)20-7-11/h1-5,7,17H,6,16H2. The van der Waals surface area contributed by atoms with E-state index in [1.807, 2.05) is 0 Å². The van der Waals surface area contributed by atoms with Gasteiger partial charge in [-0.2, -0.15) is 13.2 Å². The number of hydrogen-bond acceptors (Lipinski definition) is 4. The molecule has 21 heavy (non-hydrogen) atoms. The van der Waals surface area contributed by atoms with Crippen molar-refractivity contribution in [3.63, 3.8) is 0 Å². The van der Waals surface area contributed by atoms with Crippen LogP contribution in [0.1, 0.15) is 10.4 Å². The average molecular weight is 336 g/mol. The molecular formula is C12H11F3N2O2S2. The van der Waals surface area contributed by atoms with Crippen molar-refractivity contribution in [2.75, 3.05) is 4.72 Å². The maximum atomic E-state index is 12.6. The van der Waals surface area contributed by atoms with Gasteiger partial charge >= 0.3 is 6.18 Å². The maximum Gasteiger partial charge on any atom is 0.416 e. The highest BCUT2D eigenvalue weighted by molar-refractivity contribution is 7.92. The Balaban J connectivity index is 2.28. The van der Waals surface area contributed by atoms with Gasteiger partial charge in [0, 0.05) is 22.5 Å². The van der Waals surface area contributed by atoms with Crippen LogP contribution in [0.3, 0.4) is 0 Å². The van der Waals surface area contributed by atoms with Gasteiger partial charge in [0.2, 0.25) is 0 Å². The van der Waals surface area contributed by atoms with Crippen LogP contribution < -0.4 is 10.5 Å². The number of hydrogen-bond donors (Lipinski definition) is 2. The molecule has 0 aliphatic rings. The topological polar surface area (TPSA) is 72.2 Å². The van der Waals surface area contributed by atoms with Crippen molar-refractivity contribution in [3.8, 4) is 0 Å². The molecule has 0 aliphatic carbocycles. The lowest BCUT2D eigenvalue weighted by atomic mass is 10.2. The minimum Gasteiger partial charge on any atom is -0.326 e. The zero-order valence-electron chi connectivity index (χ0n) is 10.5. The van der Waals surface area contributed by atoms with E-state index in [-0.39, 0.29) is 17.1 Å². The molecule has 4 nitrogen and oxygen atoms in total. The Morgan fingerprint density at radius 3 is 2.52 bits per heavy atom. The van der Waals surface area contributed by atoms with Crippen LogP contribution in [0.25, 0.3) is 0 Å². The molecule has 2 rings (SSSR count). The lowest BCUT2D eigenvalue weighted by Crippen LogP contribution is -2.13. The molecule has 0 aliphatic heterocycles. The second-order valence-corrected chi connectivity index (χ2v) is 6.82. The molecule has 114 valence electrons. The third-order valence-corrected chi connectivity index (χ3v) is 5.05. The van der Waals surface area contributed by atoms with Crippen LogP contribution in [0.4, 0.5) is 18.9 Å². The molecule has 0 atom stereocenters. The molecule has 0 bridgehead atoms. The minimum atomic E-state index is -4.53. The number of halogens is 3. The molecule has 0 fully saturated rings. The number of rotatable bonds is 4. The second kappa shape index (κ2) is 5.66. The first-order valence-electron chi connectivity index (χ1n) is 5.70. The first kappa shape index (κ1) is 15.8. The van der Waals surface area contributed by atoms with E-state index in [0.717, 1.165) is 18.2 Å². The molecule has 3 N–H and O–H groups in total. The lowest BCUT2D eigenvalue weighted by molar-refractivity contribution is -0.137. The fraction of sp³-hybridized carbons (Fsp3) is 0.167. The van der Waals surface area contributed by atoms with E-state index in [0.29, 0.717) is 4.88 Å². The molecule has 0 saturated carbocycles. The van der Waals surface area contributed by atoms with Crippen LogP contribution in [-0.2, 0) is 22.7 Å². The van der Waals surface area contributed by atoms with Crippen molar-refractivity contribution in [1.29, 1.82) is 0 Å². The van der Waals surface area contributed by atoms with Crippen molar-refractivity contribution >= 4 is 27.0 Å². The van der Waals surface area contributed by atoms with Crippen molar-refractivity contribution in [2.24, 2.45) is 5.73 Å². The van der Waals surface area contributed by atoms with Crippen LogP contribution >= 0.6 is 11.3 Å². The van der Waals surface area contributed by atoms with Crippen molar-refractivity contribution in [2.45, 2.75) is 17.6 Å². The summed E-state index contributed by atoms with van der Waals surface area (Å²) in [5.74, 6) is 0. The molecule has 0 unspecified atom stereocenters. The number of nitrogens with one attached hydrogen (secondary N) is 1. The van der Waals surface area contributed by atoms with Crippen molar-refractivity contribution in [1.82, 2.24) is 0 Å². The summed E-state index contributed by atoms with van der Waals surface area (Å²) in [6.07, 6.45) is -4.53. The molecule has 9 heteroatoms. The zero-order valence-corrected chi connectivity index (χ0v) is 12.1. The number of sulfonamides is 1. The number of anilines is 1. The van der Waals surface area contributed by atoms with Gasteiger partial charge in [0.05, 0.1) is 10.5 Å². The van der Waals surface area contributed by atoms with E-state index in [2.05, 4.69) is 4.72 Å². The minimum absolute atomic E-state index is 0.0228. The molecule has 0 radical (unpaired) electrons. The second-order valence-electron chi connectivity index (χ2n) is 4.14. The third-order valence-electron chi connectivity index (χ3n) is 2.58. The van der Waals surface area contributed by atoms with Crippen molar-refractivity contribution < 1.29 is 21.6 Å². The molecule has 0 amide bonds. The van der Waals surface area contributed by atoms with Gasteiger partial charge in [-0.15, -0.1) is 11.3 Å². The third kappa shape index (κ3) is 3.74. The van der Waals surface area contributed by atoms with Gasteiger partial charge in [-0.3, -0.25) is 4.72 Å². The molecule has 1 aromatic carbocycles. The molecule has 1 heterocycles. The Morgan fingerprint density at radius 2 is 1.95 bits per heavy atom. The number of nitrogens with two attached hydrogens (primary N) is 1. The van der Waals surface area contributed by atoms with E-state index in [1.165, 1.54) is 28.8 Å². The summed E-state index contributed by atoms with van der Waals surface area (Å²) in [7, 11) is -3.93. The summed E-state index contributed by atoms with van der Waals surface area (Å²) in [4.78, 5) is 0.643. The Labute approximate surface area is 123 Å². The highest BCUT2D eigenvalue weighted by Gasteiger charge is 2.30. The Morgan fingerprint density at radius 1 is 1.24 bits per heavy atom. The molecule has 1 aromatic heterocycles. The fourth-order valence-corrected chi connectivity index (χ4v) is 3.79. The molecule has 2 aromatic rings. The number of alkyl halides is 3. The number of thiophene rings is 1. The van der Waals surface area contributed by atoms with Crippen molar-refractivity contribution in [3.05, 3.63) is 46.2 Å². The lowest BCUT2D eigenvalue weighted by Gasteiger charge is -2.10. The van der Waals surface area contributed by atoms with E-state index in [4.69, 9.17) is 5.73 Å². The molecule has 0 saturated heterocycles. The first-order chi connectivity index (χ1) is 9.72. The van der Waals surface area contributed by atoms with Crippen LogP contribution in [0.5, 0.6) is 0 Å². The summed E-state index contributed by atoms with van der Waals surface area (Å²) in [6, 6.07) is 5.39. The molecular weight excluding hydrogens is 325 g/mol. The Hall–Kier alpha value is -1.58. The van der Waals surface area contributed by atoms with E-state index < -0.39 is 21.8 Å². The van der Waals surface area contributed by atoms with Crippen LogP contribution in [0.15, 0.2) is 40.6 Å². The monoisotopic (exact) mass is 336 g/mol. The average Bonchev–Trinajstić information content (AvgIpc) is 2.87. The number of benzene rings is 1. The first-order valence-corrected chi connectivity index (χ1v) is 8.06. The van der Waals surface area contributed by atoms with Crippen LogP contribution in [-0.4, -0.2) is 8.42 Å². The smallest absolute Gasteiger partial charge is 0.326 e. The maximum absolute atomic E-state index is 12.6. The van der Waals surface area contributed by atoms with Gasteiger partial charge in [-0.1, -0.05) is 6.07 Å². The van der Waals surface area contributed by atoms with Gasteiger partial charge in [-0.25, -0.2) is 8.42 Å². The van der Waals surface area contributed by atoms with Gasteiger partial charge in [0.25, 0.3) is 10.0 Å². The van der Waals surface area contributed by atoms with E-state index in [1.54, 1.807) is 0 Å². The highest BCUT2D eigenvalue weighted by Crippen LogP contribution is 2.31. The Bertz CT molecular complexity index is 739. The summed E-state index contributed by atoms with van der Waals surface area (Å²) in [5, 5.41) is 1.39. The fourth-order valence-electron chi connectivity index (χ4n) is 1.58. The van der Waals surface area contributed by atoms with Crippen LogP contribution in [0, 0.1) is 0 Å². The summed E-state index contributed by atoms with van der Waals surface area (Å²) < 4.78 is 64.0. The van der Waals surface area contributed by atoms with Gasteiger partial charge in [0.1, 0.15) is 0 Å². The van der Waals surface area contributed by atoms with Gasteiger partial charge in [-0.05, 0) is 24.3 Å². The molecule has 0 spiro atoms. The van der Waals surface area contributed by atoms with E-state index in [9.17, 15) is 21.6 Å². The summed E-state index contributed by atoms with van der Waals surface area (Å²) in [6.45, 7) is 0.198. The normalized spacial score (nSPS) is 12.4. The predicted octanol–water partition coefficient (Wildman–Crippen LogP) is 3.03.